The molecule has 0 unspecified atom stereocenters. The number of furan rings is 1. The van der Waals surface area contributed by atoms with Gasteiger partial charge < -0.3 is 13.6 Å². The Balaban J connectivity index is 1.12. The van der Waals surface area contributed by atoms with Gasteiger partial charge in [0.2, 0.25) is 5.69 Å². The van der Waals surface area contributed by atoms with E-state index in [9.17, 15) is 6.57 Å². The Kier molecular flexibility index (Phi) is 9.23. The number of aromatic nitrogens is 2. The summed E-state index contributed by atoms with van der Waals surface area (Å²) in [4.78, 5) is 4.50. The van der Waals surface area contributed by atoms with Gasteiger partial charge in [-0.3, -0.25) is 0 Å². The lowest BCUT2D eigenvalue weighted by Crippen LogP contribution is -2.00. The smallest absolute Gasteiger partial charge is 0.213 e. The molecule has 4 heteroatoms. The highest BCUT2D eigenvalue weighted by molar-refractivity contribution is 6.21. The van der Waals surface area contributed by atoms with E-state index in [2.05, 4.69) is 257 Å². The molecule has 4 nitrogen and oxygen atoms in total. The number of hydrogen-bond acceptors (Lipinski definition) is 1. The SMILES string of the molecule is [C-]#[N+]c1cc(-n2c3ccc(-c4ccccc4)cc3c3cc(-c4ccccc4)ccc32)c2oc3c(-c4ccccc4)cccc3c2c1-n1c2ccc(-c3ccccc3)cc2c2cc(-c3ccccc3)ccc21. The summed E-state index contributed by atoms with van der Waals surface area (Å²) >= 11 is 0. The first-order valence-corrected chi connectivity index (χ1v) is 24.0. The number of para-hydroxylation sites is 1. The molecular weight excluding hydrogens is 863 g/mol. The van der Waals surface area contributed by atoms with E-state index in [4.69, 9.17) is 4.42 Å². The van der Waals surface area contributed by atoms with Gasteiger partial charge in [-0.25, -0.2) is 4.85 Å². The number of nitrogens with zero attached hydrogens (tertiary/aromatic N) is 3. The Morgan fingerprint density at radius 1 is 0.310 bits per heavy atom. The third-order valence-electron chi connectivity index (χ3n) is 14.3. The van der Waals surface area contributed by atoms with Crippen LogP contribution in [0.15, 0.2) is 253 Å². The van der Waals surface area contributed by atoms with E-state index in [0.29, 0.717) is 11.3 Å². The van der Waals surface area contributed by atoms with E-state index < -0.39 is 0 Å². The van der Waals surface area contributed by atoms with Gasteiger partial charge in [-0.1, -0.05) is 194 Å². The van der Waals surface area contributed by atoms with Gasteiger partial charge in [-0.05, 0) is 105 Å². The normalized spacial score (nSPS) is 11.6. The first-order valence-electron chi connectivity index (χ1n) is 24.0. The lowest BCUT2D eigenvalue weighted by Gasteiger charge is -2.16. The minimum Gasteiger partial charge on any atom is -0.453 e. The van der Waals surface area contributed by atoms with E-state index in [-0.39, 0.29) is 0 Å². The highest BCUT2D eigenvalue weighted by Gasteiger charge is 2.28. The van der Waals surface area contributed by atoms with Crippen LogP contribution in [-0.2, 0) is 0 Å². The summed E-state index contributed by atoms with van der Waals surface area (Å²) in [5, 5.41) is 6.28. The molecule has 0 spiro atoms. The fourth-order valence-corrected chi connectivity index (χ4v) is 11.0. The molecule has 3 aromatic heterocycles. The maximum Gasteiger partial charge on any atom is 0.213 e. The fraction of sp³-hybridized carbons (Fsp3) is 0. The molecule has 330 valence electrons. The summed E-state index contributed by atoms with van der Waals surface area (Å²) in [6.45, 7) is 9.18. The molecule has 0 saturated carbocycles. The van der Waals surface area contributed by atoms with Crippen LogP contribution in [0, 0.1) is 6.57 Å². The van der Waals surface area contributed by atoms with Crippen LogP contribution in [-0.4, -0.2) is 9.13 Å². The monoisotopic (exact) mass is 903 g/mol. The van der Waals surface area contributed by atoms with E-state index >= 15 is 0 Å². The van der Waals surface area contributed by atoms with E-state index in [0.717, 1.165) is 127 Å². The molecule has 0 fully saturated rings. The zero-order valence-electron chi connectivity index (χ0n) is 38.4. The van der Waals surface area contributed by atoms with Crippen molar-refractivity contribution in [2.24, 2.45) is 0 Å². The molecule has 14 rings (SSSR count). The van der Waals surface area contributed by atoms with Gasteiger partial charge in [0.05, 0.1) is 40.0 Å². The van der Waals surface area contributed by atoms with Gasteiger partial charge in [0, 0.05) is 37.9 Å². The maximum atomic E-state index is 9.18. The molecular formula is C67H41N3O. The van der Waals surface area contributed by atoms with Crippen molar-refractivity contribution < 1.29 is 4.42 Å². The predicted octanol–water partition coefficient (Wildman–Crippen LogP) is 18.7. The predicted molar refractivity (Wildman–Crippen MR) is 296 cm³/mol. The molecule has 0 saturated heterocycles. The van der Waals surface area contributed by atoms with Crippen molar-refractivity contribution >= 4 is 71.2 Å². The summed E-state index contributed by atoms with van der Waals surface area (Å²) in [6, 6.07) is 88.2. The molecule has 0 N–H and O–H groups in total. The van der Waals surface area contributed by atoms with Gasteiger partial charge >= 0.3 is 0 Å². The topological polar surface area (TPSA) is 27.4 Å². The number of hydrogen-bond donors (Lipinski definition) is 0. The second-order valence-electron chi connectivity index (χ2n) is 18.3. The Labute approximate surface area is 410 Å². The van der Waals surface area contributed by atoms with Crippen molar-refractivity contribution in [3.63, 3.8) is 0 Å². The lowest BCUT2D eigenvalue weighted by molar-refractivity contribution is 0.667. The van der Waals surface area contributed by atoms with Gasteiger partial charge in [0.1, 0.15) is 5.58 Å². The second-order valence-corrected chi connectivity index (χ2v) is 18.3. The first kappa shape index (κ1) is 40.4. The molecule has 0 radical (unpaired) electrons. The third-order valence-corrected chi connectivity index (χ3v) is 14.3. The maximum absolute atomic E-state index is 9.18. The summed E-state index contributed by atoms with van der Waals surface area (Å²) < 4.78 is 12.1. The van der Waals surface area contributed by atoms with Crippen molar-refractivity contribution in [3.8, 4) is 67.0 Å². The Morgan fingerprint density at radius 3 is 1.08 bits per heavy atom. The summed E-state index contributed by atoms with van der Waals surface area (Å²) in [7, 11) is 0. The Morgan fingerprint density at radius 2 is 0.690 bits per heavy atom. The zero-order chi connectivity index (χ0) is 47.0. The average molecular weight is 904 g/mol. The van der Waals surface area contributed by atoms with Crippen molar-refractivity contribution in [1.82, 2.24) is 9.13 Å². The Bertz CT molecular complexity index is 4230. The molecule has 0 aliphatic rings. The number of rotatable bonds is 7. The molecule has 0 amide bonds. The van der Waals surface area contributed by atoms with E-state index in [1.165, 1.54) is 0 Å². The minimum absolute atomic E-state index is 0.523. The van der Waals surface area contributed by atoms with Crippen molar-refractivity contribution in [3.05, 3.63) is 260 Å². The van der Waals surface area contributed by atoms with Crippen LogP contribution in [0.5, 0.6) is 0 Å². The van der Waals surface area contributed by atoms with Gasteiger partial charge in [-0.2, -0.15) is 0 Å². The van der Waals surface area contributed by atoms with E-state index in [1.807, 2.05) is 6.07 Å². The summed E-state index contributed by atoms with van der Waals surface area (Å²) in [6.07, 6.45) is 0. The van der Waals surface area contributed by atoms with Crippen LogP contribution in [0.3, 0.4) is 0 Å². The van der Waals surface area contributed by atoms with E-state index in [1.54, 1.807) is 0 Å². The van der Waals surface area contributed by atoms with Gasteiger partial charge in [0.25, 0.3) is 0 Å². The molecule has 0 aliphatic carbocycles. The van der Waals surface area contributed by atoms with Crippen molar-refractivity contribution in [2.45, 2.75) is 0 Å². The van der Waals surface area contributed by atoms with Crippen LogP contribution < -0.4 is 0 Å². The number of benzene rings is 11. The molecule has 14 aromatic rings. The van der Waals surface area contributed by atoms with Gasteiger partial charge in [0.15, 0.2) is 5.58 Å². The standard InChI is InChI=1S/C67H41N3O/c1-68-58-42-63(69-59-34-30-48(43-18-7-2-8-19-43)38-54(59)55-39-49(31-35-60(55)69)44-20-9-3-10-21-44)67-64(53-29-17-28-52(66(53)71-67)47-26-15-6-16-27-47)65(58)70-61-36-32-50(45-22-11-4-12-23-45)40-56(61)57-41-51(33-37-62(57)70)46-24-13-5-14-25-46/h2-42H. The Hall–Kier alpha value is -9.69. The molecule has 71 heavy (non-hydrogen) atoms. The molecule has 0 atom stereocenters. The lowest BCUT2D eigenvalue weighted by atomic mass is 10.0. The number of fused-ring (bicyclic) bond motifs is 9. The van der Waals surface area contributed by atoms with Crippen LogP contribution in [0.4, 0.5) is 5.69 Å². The fourth-order valence-electron chi connectivity index (χ4n) is 11.0. The highest BCUT2D eigenvalue weighted by atomic mass is 16.3. The molecule has 11 aromatic carbocycles. The minimum atomic E-state index is 0.523. The molecule has 0 aliphatic heterocycles. The summed E-state index contributed by atoms with van der Waals surface area (Å²) in [5.74, 6) is 0. The quantitative estimate of drug-likeness (QED) is 0.146. The third kappa shape index (κ3) is 6.45. The second kappa shape index (κ2) is 16.2. The summed E-state index contributed by atoms with van der Waals surface area (Å²) in [5.41, 5.74) is 18.9. The highest BCUT2D eigenvalue weighted by Crippen LogP contribution is 2.49. The van der Waals surface area contributed by atoms with Crippen molar-refractivity contribution in [1.29, 1.82) is 0 Å². The van der Waals surface area contributed by atoms with Crippen LogP contribution >= 0.6 is 0 Å². The zero-order valence-corrected chi connectivity index (χ0v) is 38.4. The average Bonchev–Trinajstić information content (AvgIpc) is 4.11. The van der Waals surface area contributed by atoms with Gasteiger partial charge in [-0.15, -0.1) is 0 Å². The largest absolute Gasteiger partial charge is 0.453 e. The van der Waals surface area contributed by atoms with Crippen LogP contribution in [0.25, 0.3) is 137 Å². The van der Waals surface area contributed by atoms with Crippen molar-refractivity contribution in [2.75, 3.05) is 0 Å². The molecule has 0 bridgehead atoms. The molecule has 3 heterocycles. The first-order chi connectivity index (χ1) is 35.2. The van der Waals surface area contributed by atoms with Crippen LogP contribution in [0.1, 0.15) is 0 Å². The van der Waals surface area contributed by atoms with Crippen LogP contribution in [0.2, 0.25) is 0 Å².